The Kier molecular flexibility index (Phi) is 5.92. The topological polar surface area (TPSA) is 102 Å². The van der Waals surface area contributed by atoms with Crippen molar-refractivity contribution in [1.82, 2.24) is 9.78 Å². The molecule has 0 bridgehead atoms. The summed E-state index contributed by atoms with van der Waals surface area (Å²) in [4.78, 5) is 12.5. The van der Waals surface area contributed by atoms with Crippen molar-refractivity contribution in [2.45, 2.75) is 24.4 Å². The zero-order valence-electron chi connectivity index (χ0n) is 15.9. The molecule has 8 nitrogen and oxygen atoms in total. The minimum absolute atomic E-state index is 0.00258. The fourth-order valence-corrected chi connectivity index (χ4v) is 4.15. The molecule has 1 aromatic carbocycles. The van der Waals surface area contributed by atoms with Gasteiger partial charge in [0.2, 0.25) is 5.91 Å². The molecule has 0 saturated carbocycles. The standard InChI is InChI=1S/C17H18ClF3N4O4S/c1-29-13-4-3-9(18)5-11(13)23-14(26)8-25-12-6-10(30(2,27)28)7-22-15(12)16(24-25)17(19,20)21/h3-5,10,22H,6-8H2,1-2H3,(H,23,26). The highest BCUT2D eigenvalue weighted by Gasteiger charge is 2.42. The average Bonchev–Trinajstić information content (AvgIpc) is 2.99. The van der Waals surface area contributed by atoms with E-state index in [0.29, 0.717) is 10.8 Å². The van der Waals surface area contributed by atoms with E-state index in [2.05, 4.69) is 15.7 Å². The number of carbonyl (C=O) groups is 1. The number of amides is 1. The van der Waals surface area contributed by atoms with Crippen LogP contribution in [0.1, 0.15) is 11.4 Å². The highest BCUT2D eigenvalue weighted by Crippen LogP contribution is 2.38. The molecule has 1 aliphatic heterocycles. The van der Waals surface area contributed by atoms with E-state index in [1.807, 2.05) is 0 Å². The largest absolute Gasteiger partial charge is 0.495 e. The van der Waals surface area contributed by atoms with Crippen LogP contribution < -0.4 is 15.4 Å². The van der Waals surface area contributed by atoms with Crippen LogP contribution >= 0.6 is 11.6 Å². The number of fused-ring (bicyclic) bond motifs is 1. The Hall–Kier alpha value is -2.47. The van der Waals surface area contributed by atoms with E-state index < -0.39 is 39.4 Å². The number of methoxy groups -OCH3 is 1. The van der Waals surface area contributed by atoms with Crippen molar-refractivity contribution in [2.24, 2.45) is 0 Å². The lowest BCUT2D eigenvalue weighted by atomic mass is 10.1. The molecule has 13 heteroatoms. The molecule has 1 aromatic heterocycles. The van der Waals surface area contributed by atoms with Crippen LogP contribution in [-0.2, 0) is 33.8 Å². The third kappa shape index (κ3) is 4.64. The number of benzene rings is 1. The fourth-order valence-electron chi connectivity index (χ4n) is 3.13. The first kappa shape index (κ1) is 22.2. The van der Waals surface area contributed by atoms with Crippen LogP contribution in [0.3, 0.4) is 0 Å². The van der Waals surface area contributed by atoms with E-state index in [1.165, 1.54) is 19.2 Å². The van der Waals surface area contributed by atoms with E-state index in [1.54, 1.807) is 6.07 Å². The number of ether oxygens (including phenoxy) is 1. The number of anilines is 2. The first-order chi connectivity index (χ1) is 13.9. The lowest BCUT2D eigenvalue weighted by Crippen LogP contribution is -2.36. The van der Waals surface area contributed by atoms with Crippen molar-refractivity contribution in [3.05, 3.63) is 34.6 Å². The van der Waals surface area contributed by atoms with Crippen molar-refractivity contribution >= 4 is 38.7 Å². The van der Waals surface area contributed by atoms with E-state index in [4.69, 9.17) is 16.3 Å². The van der Waals surface area contributed by atoms with Crippen LogP contribution in [0.5, 0.6) is 5.75 Å². The predicted octanol–water partition coefficient (Wildman–Crippen LogP) is 2.58. The Bertz CT molecular complexity index is 1090. The van der Waals surface area contributed by atoms with Crippen LogP contribution in [0.2, 0.25) is 5.02 Å². The van der Waals surface area contributed by atoms with Crippen molar-refractivity contribution in [3.8, 4) is 5.75 Å². The second-order valence-electron chi connectivity index (χ2n) is 6.76. The number of nitrogens with zero attached hydrogens (tertiary/aromatic N) is 2. The molecule has 2 N–H and O–H groups in total. The monoisotopic (exact) mass is 466 g/mol. The molecule has 3 rings (SSSR count). The highest BCUT2D eigenvalue weighted by atomic mass is 35.5. The zero-order valence-corrected chi connectivity index (χ0v) is 17.5. The van der Waals surface area contributed by atoms with Crippen molar-refractivity contribution < 1.29 is 31.1 Å². The summed E-state index contributed by atoms with van der Waals surface area (Å²) in [5, 5.41) is 7.96. The first-order valence-corrected chi connectivity index (χ1v) is 11.0. The van der Waals surface area contributed by atoms with Crippen LogP contribution in [0.15, 0.2) is 18.2 Å². The van der Waals surface area contributed by atoms with Gasteiger partial charge in [0.05, 0.1) is 29.4 Å². The summed E-state index contributed by atoms with van der Waals surface area (Å²) in [6, 6.07) is 4.50. The molecule has 0 aliphatic carbocycles. The second kappa shape index (κ2) is 7.99. The Morgan fingerprint density at radius 1 is 1.43 bits per heavy atom. The van der Waals surface area contributed by atoms with Gasteiger partial charge >= 0.3 is 6.18 Å². The van der Waals surface area contributed by atoms with Gasteiger partial charge in [0.25, 0.3) is 0 Å². The molecule has 1 atom stereocenters. The van der Waals surface area contributed by atoms with Crippen molar-refractivity contribution in [1.29, 1.82) is 0 Å². The minimum Gasteiger partial charge on any atom is -0.495 e. The summed E-state index contributed by atoms with van der Waals surface area (Å²) in [6.45, 7) is -0.737. The number of nitrogens with one attached hydrogen (secondary N) is 2. The first-order valence-electron chi connectivity index (χ1n) is 8.63. The van der Waals surface area contributed by atoms with Gasteiger partial charge < -0.3 is 15.4 Å². The van der Waals surface area contributed by atoms with Gasteiger partial charge in [-0.25, -0.2) is 8.42 Å². The Labute approximate surface area is 175 Å². The predicted molar refractivity (Wildman–Crippen MR) is 105 cm³/mol. The average molecular weight is 467 g/mol. The number of alkyl halides is 3. The van der Waals surface area contributed by atoms with E-state index in [-0.39, 0.29) is 30.0 Å². The fraction of sp³-hybridized carbons (Fsp3) is 0.412. The third-order valence-electron chi connectivity index (χ3n) is 4.59. The van der Waals surface area contributed by atoms with Gasteiger partial charge in [0, 0.05) is 24.2 Å². The molecule has 0 fully saturated rings. The van der Waals surface area contributed by atoms with E-state index >= 15 is 0 Å². The summed E-state index contributed by atoms with van der Waals surface area (Å²) >= 11 is 5.91. The van der Waals surface area contributed by atoms with Gasteiger partial charge in [0.15, 0.2) is 15.5 Å². The molecule has 0 radical (unpaired) electrons. The molecule has 1 amide bonds. The Morgan fingerprint density at radius 2 is 2.13 bits per heavy atom. The van der Waals surface area contributed by atoms with Gasteiger partial charge in [-0.3, -0.25) is 9.48 Å². The molecule has 2 heterocycles. The molecular formula is C17H18ClF3N4O4S. The van der Waals surface area contributed by atoms with Crippen LogP contribution in [0, 0.1) is 0 Å². The maximum atomic E-state index is 13.4. The van der Waals surface area contributed by atoms with E-state index in [9.17, 15) is 26.4 Å². The SMILES string of the molecule is COc1ccc(Cl)cc1NC(=O)Cn1nc(C(F)(F)F)c2c1CC(S(C)(=O)=O)CN2. The van der Waals surface area contributed by atoms with Gasteiger partial charge in [-0.15, -0.1) is 0 Å². The van der Waals surface area contributed by atoms with Crippen molar-refractivity contribution in [3.63, 3.8) is 0 Å². The number of sulfone groups is 1. The van der Waals surface area contributed by atoms with Gasteiger partial charge in [-0.1, -0.05) is 11.6 Å². The van der Waals surface area contributed by atoms with Gasteiger partial charge in [0.1, 0.15) is 12.3 Å². The van der Waals surface area contributed by atoms with Crippen LogP contribution in [0.25, 0.3) is 0 Å². The van der Waals surface area contributed by atoms with E-state index in [0.717, 1.165) is 10.9 Å². The quantitative estimate of drug-likeness (QED) is 0.702. The molecule has 2 aromatic rings. The summed E-state index contributed by atoms with van der Waals surface area (Å²) in [7, 11) is -2.13. The number of aromatic nitrogens is 2. The van der Waals surface area contributed by atoms with Crippen LogP contribution in [-0.4, -0.2) is 49.3 Å². The smallest absolute Gasteiger partial charge is 0.437 e. The Balaban J connectivity index is 1.92. The number of rotatable bonds is 5. The minimum atomic E-state index is -4.77. The molecule has 0 spiro atoms. The summed E-state index contributed by atoms with van der Waals surface area (Å²) in [5.74, 6) is -0.374. The van der Waals surface area contributed by atoms with Gasteiger partial charge in [-0.2, -0.15) is 18.3 Å². The second-order valence-corrected chi connectivity index (χ2v) is 9.52. The van der Waals surface area contributed by atoms with Gasteiger partial charge in [-0.05, 0) is 18.2 Å². The maximum Gasteiger partial charge on any atom is 0.437 e. The summed E-state index contributed by atoms with van der Waals surface area (Å²) in [5.41, 5.74) is -1.27. The lowest BCUT2D eigenvalue weighted by molar-refractivity contribution is -0.141. The molecule has 1 unspecified atom stereocenters. The maximum absolute atomic E-state index is 13.4. The number of halogens is 4. The highest BCUT2D eigenvalue weighted by molar-refractivity contribution is 7.91. The number of hydrogen-bond acceptors (Lipinski definition) is 6. The zero-order chi connectivity index (χ0) is 22.3. The van der Waals surface area contributed by atoms with Crippen molar-refractivity contribution in [2.75, 3.05) is 30.5 Å². The molecule has 0 saturated heterocycles. The molecule has 30 heavy (non-hydrogen) atoms. The lowest BCUT2D eigenvalue weighted by Gasteiger charge is -2.24. The number of hydrogen-bond donors (Lipinski definition) is 2. The Morgan fingerprint density at radius 3 is 2.73 bits per heavy atom. The third-order valence-corrected chi connectivity index (χ3v) is 6.37. The molecule has 1 aliphatic rings. The number of carbonyl (C=O) groups excluding carboxylic acids is 1. The normalized spacial score (nSPS) is 16.5. The molecular weight excluding hydrogens is 449 g/mol. The summed E-state index contributed by atoms with van der Waals surface area (Å²) < 4.78 is 69.9. The van der Waals surface area contributed by atoms with Crippen LogP contribution in [0.4, 0.5) is 24.5 Å². The molecule has 164 valence electrons. The summed E-state index contributed by atoms with van der Waals surface area (Å²) in [6.07, 6.45) is -3.96.